The molecule has 0 amide bonds. The summed E-state index contributed by atoms with van der Waals surface area (Å²) in [6.45, 7) is 3.65. The Bertz CT molecular complexity index is 86.1. The molecule has 7 heavy (non-hydrogen) atoms. The van der Waals surface area contributed by atoms with Crippen LogP contribution in [-0.4, -0.2) is 18.5 Å². The summed E-state index contributed by atoms with van der Waals surface area (Å²) in [5.74, 6) is 0.109. The first-order chi connectivity index (χ1) is 3.27. The molecule has 0 rings (SSSR count). The van der Waals surface area contributed by atoms with Gasteiger partial charge in [0.25, 0.3) is 0 Å². The number of ketones is 1. The maximum atomic E-state index is 10.1. The Morgan fingerprint density at radius 3 is 2.57 bits per heavy atom. The summed E-state index contributed by atoms with van der Waals surface area (Å²) in [5, 5.41) is 0. The third-order valence-corrected chi connectivity index (χ3v) is 0.497. The van der Waals surface area contributed by atoms with E-state index in [0.717, 1.165) is 0 Å². The van der Waals surface area contributed by atoms with Gasteiger partial charge in [-0.05, 0) is 20.1 Å². The summed E-state index contributed by atoms with van der Waals surface area (Å²) in [6.07, 6.45) is 1.63. The van der Waals surface area contributed by atoms with E-state index in [1.165, 1.54) is 6.92 Å². The van der Waals surface area contributed by atoms with Gasteiger partial charge in [0.1, 0.15) is 0 Å². The summed E-state index contributed by atoms with van der Waals surface area (Å²) in [5.41, 5.74) is 0. The second-order valence-electron chi connectivity index (χ2n) is 1.30. The van der Waals surface area contributed by atoms with Gasteiger partial charge in [-0.1, -0.05) is 0 Å². The summed E-state index contributed by atoms with van der Waals surface area (Å²) in [4.78, 5) is 13.8. The van der Waals surface area contributed by atoms with Crippen LogP contribution in [0.25, 0.3) is 0 Å². The zero-order valence-corrected chi connectivity index (χ0v) is 4.64. The molecule has 0 heterocycles. The van der Waals surface area contributed by atoms with E-state index in [9.17, 15) is 4.79 Å². The first-order valence-corrected chi connectivity index (χ1v) is 2.21. The largest absolute Gasteiger partial charge is 0.298 e. The summed E-state index contributed by atoms with van der Waals surface area (Å²) >= 11 is 0. The van der Waals surface area contributed by atoms with Crippen molar-refractivity contribution in [1.82, 2.24) is 0 Å². The molecule has 0 fully saturated rings. The van der Waals surface area contributed by atoms with Crippen LogP contribution in [0.4, 0.5) is 0 Å². The Hall–Kier alpha value is -0.660. The second kappa shape index (κ2) is 3.53. The molecule has 0 N–H and O–H groups in total. The molecule has 0 aromatic carbocycles. The Labute approximate surface area is 43.3 Å². The van der Waals surface area contributed by atoms with Crippen LogP contribution in [0, 0.1) is 0 Å². The molecule has 0 bridgehead atoms. The Balaban J connectivity index is 3.14. The van der Waals surface area contributed by atoms with E-state index in [1.807, 2.05) is 0 Å². The number of rotatable bonds is 2. The van der Waals surface area contributed by atoms with Crippen LogP contribution in [0.5, 0.6) is 0 Å². The minimum Gasteiger partial charge on any atom is -0.298 e. The summed E-state index contributed by atoms with van der Waals surface area (Å²) in [7, 11) is 0. The summed E-state index contributed by atoms with van der Waals surface area (Å²) in [6, 6.07) is 0. The molecule has 0 aliphatic rings. The van der Waals surface area contributed by atoms with Crippen molar-refractivity contribution in [1.29, 1.82) is 0 Å². The first-order valence-electron chi connectivity index (χ1n) is 2.21. The highest BCUT2D eigenvalue weighted by Crippen LogP contribution is 1.68. The Kier molecular flexibility index (Phi) is 3.19. The van der Waals surface area contributed by atoms with Crippen molar-refractivity contribution in [2.45, 2.75) is 13.8 Å². The van der Waals surface area contributed by atoms with Crippen molar-refractivity contribution in [3.05, 3.63) is 0 Å². The molecular weight excluding hydrogens is 90.1 g/mol. The monoisotopic (exact) mass is 99.1 g/mol. The molecule has 0 unspecified atom stereocenters. The number of hydrogen-bond acceptors (Lipinski definition) is 2. The zero-order chi connectivity index (χ0) is 5.70. The van der Waals surface area contributed by atoms with Crippen molar-refractivity contribution < 1.29 is 4.79 Å². The smallest absolute Gasteiger partial charge is 0.151 e. The number of Topliss-reactive ketones (excluding diaryl/α,β-unsaturated/α-hetero) is 1. The van der Waals surface area contributed by atoms with Crippen molar-refractivity contribution in [3.63, 3.8) is 0 Å². The minimum absolute atomic E-state index is 0.109. The molecule has 2 nitrogen and oxygen atoms in total. The van der Waals surface area contributed by atoms with Gasteiger partial charge in [-0.25, -0.2) is 0 Å². The van der Waals surface area contributed by atoms with E-state index in [1.54, 1.807) is 13.1 Å². The SMILES string of the molecule is C/C=N/CC(C)=O. The molecule has 0 saturated carbocycles. The maximum Gasteiger partial charge on any atom is 0.151 e. The molecule has 0 aliphatic heterocycles. The van der Waals surface area contributed by atoms with E-state index < -0.39 is 0 Å². The molecule has 40 valence electrons. The van der Waals surface area contributed by atoms with Gasteiger partial charge < -0.3 is 0 Å². The fraction of sp³-hybridized carbons (Fsp3) is 0.600. The van der Waals surface area contributed by atoms with Crippen LogP contribution in [0.15, 0.2) is 4.99 Å². The topological polar surface area (TPSA) is 29.4 Å². The zero-order valence-electron chi connectivity index (χ0n) is 4.64. The average Bonchev–Trinajstić information content (AvgIpc) is 1.61. The van der Waals surface area contributed by atoms with E-state index in [2.05, 4.69) is 4.99 Å². The highest BCUT2D eigenvalue weighted by atomic mass is 16.1. The van der Waals surface area contributed by atoms with Crippen LogP contribution < -0.4 is 0 Å². The fourth-order valence-electron chi connectivity index (χ4n) is 0.220. The third kappa shape index (κ3) is 5.34. The number of carbonyl (C=O) groups excluding carboxylic acids is 1. The van der Waals surface area contributed by atoms with Crippen LogP contribution in [0.2, 0.25) is 0 Å². The molecular formula is C5H9NO. The fourth-order valence-corrected chi connectivity index (χ4v) is 0.220. The van der Waals surface area contributed by atoms with E-state index in [4.69, 9.17) is 0 Å². The van der Waals surface area contributed by atoms with Crippen LogP contribution in [0.3, 0.4) is 0 Å². The average molecular weight is 99.1 g/mol. The molecule has 0 atom stereocenters. The predicted octanol–water partition coefficient (Wildman–Crippen LogP) is 0.666. The van der Waals surface area contributed by atoms with Crippen molar-refractivity contribution in [3.8, 4) is 0 Å². The van der Waals surface area contributed by atoms with Crippen molar-refractivity contribution in [2.24, 2.45) is 4.99 Å². The number of nitrogens with zero attached hydrogens (tertiary/aromatic N) is 1. The lowest BCUT2D eigenvalue weighted by Gasteiger charge is -1.79. The van der Waals surface area contributed by atoms with Gasteiger partial charge in [-0.3, -0.25) is 9.79 Å². The van der Waals surface area contributed by atoms with Gasteiger partial charge in [0.15, 0.2) is 5.78 Å². The van der Waals surface area contributed by atoms with Crippen LogP contribution >= 0.6 is 0 Å². The standard InChI is InChI=1S/C5H9NO/c1-3-6-4-5(2)7/h3H,4H2,1-2H3/b6-3+. The van der Waals surface area contributed by atoms with Crippen LogP contribution in [0.1, 0.15) is 13.8 Å². The van der Waals surface area contributed by atoms with E-state index in [0.29, 0.717) is 6.54 Å². The molecule has 0 aliphatic carbocycles. The van der Waals surface area contributed by atoms with Crippen molar-refractivity contribution >= 4 is 12.0 Å². The lowest BCUT2D eigenvalue weighted by molar-refractivity contribution is -0.115. The van der Waals surface area contributed by atoms with Gasteiger partial charge in [-0.2, -0.15) is 0 Å². The number of carbonyl (C=O) groups is 1. The molecule has 0 spiro atoms. The lowest BCUT2D eigenvalue weighted by atomic mass is 10.5. The Morgan fingerprint density at radius 1 is 1.86 bits per heavy atom. The molecule has 2 heteroatoms. The van der Waals surface area contributed by atoms with Gasteiger partial charge >= 0.3 is 0 Å². The molecule has 0 radical (unpaired) electrons. The van der Waals surface area contributed by atoms with Crippen LogP contribution in [-0.2, 0) is 4.79 Å². The summed E-state index contributed by atoms with van der Waals surface area (Å²) < 4.78 is 0. The normalized spacial score (nSPS) is 10.0. The highest BCUT2D eigenvalue weighted by Gasteiger charge is 1.82. The minimum atomic E-state index is 0.109. The van der Waals surface area contributed by atoms with Crippen molar-refractivity contribution in [2.75, 3.05) is 6.54 Å². The number of hydrogen-bond donors (Lipinski definition) is 0. The highest BCUT2D eigenvalue weighted by molar-refractivity contribution is 5.79. The van der Waals surface area contributed by atoms with Gasteiger partial charge in [0.2, 0.25) is 0 Å². The maximum absolute atomic E-state index is 10.1. The molecule has 0 saturated heterocycles. The van der Waals surface area contributed by atoms with E-state index in [-0.39, 0.29) is 5.78 Å². The van der Waals surface area contributed by atoms with Gasteiger partial charge in [-0.15, -0.1) is 0 Å². The lowest BCUT2D eigenvalue weighted by Crippen LogP contribution is -1.93. The molecule has 0 aromatic heterocycles. The first kappa shape index (κ1) is 6.34. The second-order valence-corrected chi connectivity index (χ2v) is 1.30. The van der Waals surface area contributed by atoms with E-state index >= 15 is 0 Å². The van der Waals surface area contributed by atoms with Gasteiger partial charge in [0.05, 0.1) is 6.54 Å². The molecule has 0 aromatic rings. The number of aliphatic imine (C=N–C) groups is 1. The van der Waals surface area contributed by atoms with Gasteiger partial charge in [0, 0.05) is 0 Å². The Morgan fingerprint density at radius 2 is 2.43 bits per heavy atom. The third-order valence-electron chi connectivity index (χ3n) is 0.497. The predicted molar refractivity (Wildman–Crippen MR) is 29.7 cm³/mol. The quantitative estimate of drug-likeness (QED) is 0.468.